The Balaban J connectivity index is 1.80. The molecule has 4 heteroatoms. The van der Waals surface area contributed by atoms with Crippen molar-refractivity contribution < 1.29 is 9.53 Å². The summed E-state index contributed by atoms with van der Waals surface area (Å²) >= 11 is 0. The third kappa shape index (κ3) is 3.49. The summed E-state index contributed by atoms with van der Waals surface area (Å²) in [5.41, 5.74) is 1.90. The van der Waals surface area contributed by atoms with Crippen LogP contribution in [0.3, 0.4) is 0 Å². The van der Waals surface area contributed by atoms with Gasteiger partial charge < -0.3 is 14.6 Å². The van der Waals surface area contributed by atoms with Crippen LogP contribution in [-0.2, 0) is 11.3 Å². The monoisotopic (exact) mass is 320 g/mol. The highest BCUT2D eigenvalue weighted by Gasteiger charge is 2.21. The fraction of sp³-hybridized carbons (Fsp3) is 0.150. The van der Waals surface area contributed by atoms with Crippen molar-refractivity contribution in [3.8, 4) is 5.75 Å². The zero-order chi connectivity index (χ0) is 16.8. The molecule has 1 amide bonds. The van der Waals surface area contributed by atoms with E-state index in [2.05, 4.69) is 5.32 Å². The number of aromatic nitrogens is 1. The van der Waals surface area contributed by atoms with Gasteiger partial charge in [-0.05, 0) is 23.8 Å². The molecule has 0 bridgehead atoms. The fourth-order valence-electron chi connectivity index (χ4n) is 2.74. The molecule has 3 aromatic rings. The van der Waals surface area contributed by atoms with Gasteiger partial charge in [-0.3, -0.25) is 4.79 Å². The van der Waals surface area contributed by atoms with E-state index >= 15 is 0 Å². The Hall–Kier alpha value is -3.01. The predicted octanol–water partition coefficient (Wildman–Crippen LogP) is 3.40. The summed E-state index contributed by atoms with van der Waals surface area (Å²) in [5, 5.41) is 3.02. The van der Waals surface area contributed by atoms with Crippen molar-refractivity contribution >= 4 is 5.91 Å². The van der Waals surface area contributed by atoms with Crippen LogP contribution in [0.5, 0.6) is 5.75 Å². The molecule has 1 atom stereocenters. The summed E-state index contributed by atoms with van der Waals surface area (Å²) in [4.78, 5) is 12.8. The third-order valence-electron chi connectivity index (χ3n) is 3.93. The van der Waals surface area contributed by atoms with Crippen molar-refractivity contribution in [2.45, 2.75) is 12.6 Å². The van der Waals surface area contributed by atoms with E-state index in [1.165, 1.54) is 0 Å². The molecular weight excluding hydrogens is 300 g/mol. The van der Waals surface area contributed by atoms with Crippen molar-refractivity contribution in [3.63, 3.8) is 0 Å². The molecule has 1 aromatic heterocycles. The Morgan fingerprint density at radius 3 is 2.38 bits per heavy atom. The summed E-state index contributed by atoms with van der Waals surface area (Å²) in [6.45, 7) is 0.424. The van der Waals surface area contributed by atoms with Crippen molar-refractivity contribution in [1.82, 2.24) is 9.88 Å². The molecule has 0 spiro atoms. The Bertz CT molecular complexity index is 782. The molecule has 2 aromatic carbocycles. The number of carbonyl (C=O) groups excluding carboxylic acids is 1. The number of carbonyl (C=O) groups is 1. The van der Waals surface area contributed by atoms with Gasteiger partial charge in [-0.1, -0.05) is 48.5 Å². The molecule has 122 valence electrons. The number of nitrogens with zero attached hydrogens (tertiary/aromatic N) is 1. The quantitative estimate of drug-likeness (QED) is 0.756. The summed E-state index contributed by atoms with van der Waals surface area (Å²) in [6, 6.07) is 20.9. The molecule has 0 aliphatic heterocycles. The minimum atomic E-state index is -0.393. The molecule has 0 unspecified atom stereocenters. The van der Waals surface area contributed by atoms with E-state index in [0.717, 1.165) is 16.9 Å². The number of rotatable bonds is 6. The lowest BCUT2D eigenvalue weighted by Crippen LogP contribution is -2.32. The number of hydrogen-bond donors (Lipinski definition) is 1. The summed E-state index contributed by atoms with van der Waals surface area (Å²) in [7, 11) is 1.63. The van der Waals surface area contributed by atoms with Crippen LogP contribution in [0.4, 0.5) is 0 Å². The maximum atomic E-state index is 12.8. The smallest absolute Gasteiger partial charge is 0.247 e. The maximum absolute atomic E-state index is 12.8. The SMILES string of the molecule is COc1ccccc1CNC(=O)[C@@H](c1ccccc1)n1cccc1. The summed E-state index contributed by atoms with van der Waals surface area (Å²) < 4.78 is 7.25. The van der Waals surface area contributed by atoms with E-state index in [4.69, 9.17) is 4.74 Å². The van der Waals surface area contributed by atoms with Gasteiger partial charge in [0.25, 0.3) is 0 Å². The van der Waals surface area contributed by atoms with Crippen LogP contribution in [0, 0.1) is 0 Å². The van der Waals surface area contributed by atoms with E-state index < -0.39 is 6.04 Å². The molecule has 0 fully saturated rings. The molecule has 24 heavy (non-hydrogen) atoms. The number of nitrogens with one attached hydrogen (secondary N) is 1. The first-order chi connectivity index (χ1) is 11.8. The molecule has 0 aliphatic carbocycles. The number of ether oxygens (including phenoxy) is 1. The second-order valence-electron chi connectivity index (χ2n) is 5.47. The van der Waals surface area contributed by atoms with Crippen molar-refractivity contribution in [2.75, 3.05) is 7.11 Å². The minimum Gasteiger partial charge on any atom is -0.496 e. The summed E-state index contributed by atoms with van der Waals surface area (Å²) in [6.07, 6.45) is 3.81. The molecule has 3 rings (SSSR count). The molecule has 1 heterocycles. The van der Waals surface area contributed by atoms with Crippen LogP contribution in [-0.4, -0.2) is 17.6 Å². The van der Waals surface area contributed by atoms with E-state index in [9.17, 15) is 4.79 Å². The first kappa shape index (κ1) is 15.9. The van der Waals surface area contributed by atoms with Gasteiger partial charge in [0.2, 0.25) is 5.91 Å². The lowest BCUT2D eigenvalue weighted by Gasteiger charge is -2.19. The average Bonchev–Trinajstić information content (AvgIpc) is 3.15. The predicted molar refractivity (Wildman–Crippen MR) is 93.9 cm³/mol. The number of amides is 1. The lowest BCUT2D eigenvalue weighted by molar-refractivity contribution is -0.123. The van der Waals surface area contributed by atoms with Gasteiger partial charge in [-0.2, -0.15) is 0 Å². The third-order valence-corrected chi connectivity index (χ3v) is 3.93. The molecule has 0 radical (unpaired) electrons. The van der Waals surface area contributed by atoms with Crippen LogP contribution in [0.25, 0.3) is 0 Å². The van der Waals surface area contributed by atoms with Gasteiger partial charge in [0.15, 0.2) is 0 Å². The molecule has 4 nitrogen and oxygen atoms in total. The zero-order valence-electron chi connectivity index (χ0n) is 13.6. The van der Waals surface area contributed by atoms with Crippen LogP contribution in [0.2, 0.25) is 0 Å². The number of hydrogen-bond acceptors (Lipinski definition) is 2. The van der Waals surface area contributed by atoms with Gasteiger partial charge in [0.1, 0.15) is 11.8 Å². The Morgan fingerprint density at radius 1 is 1.00 bits per heavy atom. The molecule has 1 N–H and O–H groups in total. The second kappa shape index (κ2) is 7.51. The first-order valence-electron chi connectivity index (χ1n) is 7.86. The lowest BCUT2D eigenvalue weighted by atomic mass is 10.1. The van der Waals surface area contributed by atoms with Crippen LogP contribution in [0.1, 0.15) is 17.2 Å². The Kier molecular flexibility index (Phi) is 4.96. The second-order valence-corrected chi connectivity index (χ2v) is 5.47. The van der Waals surface area contributed by atoms with Crippen molar-refractivity contribution in [1.29, 1.82) is 0 Å². The Morgan fingerprint density at radius 2 is 1.67 bits per heavy atom. The minimum absolute atomic E-state index is 0.0525. The highest BCUT2D eigenvalue weighted by Crippen LogP contribution is 2.20. The van der Waals surface area contributed by atoms with E-state index in [1.807, 2.05) is 83.7 Å². The largest absolute Gasteiger partial charge is 0.496 e. The van der Waals surface area contributed by atoms with Gasteiger partial charge >= 0.3 is 0 Å². The van der Waals surface area contributed by atoms with Gasteiger partial charge in [0.05, 0.1) is 7.11 Å². The molecular formula is C20H20N2O2. The zero-order valence-corrected chi connectivity index (χ0v) is 13.6. The van der Waals surface area contributed by atoms with Crippen molar-refractivity contribution in [3.05, 3.63) is 90.3 Å². The first-order valence-corrected chi connectivity index (χ1v) is 7.86. The summed E-state index contributed by atoms with van der Waals surface area (Å²) in [5.74, 6) is 0.721. The number of benzene rings is 2. The van der Waals surface area contributed by atoms with Gasteiger partial charge in [-0.25, -0.2) is 0 Å². The van der Waals surface area contributed by atoms with Crippen LogP contribution >= 0.6 is 0 Å². The standard InChI is InChI=1S/C20H20N2O2/c1-24-18-12-6-5-11-17(18)15-21-20(23)19(22-13-7-8-14-22)16-9-3-2-4-10-16/h2-14,19H,15H2,1H3,(H,21,23)/t19-/m1/s1. The van der Waals surface area contributed by atoms with Gasteiger partial charge in [-0.15, -0.1) is 0 Å². The number of para-hydroxylation sites is 1. The normalized spacial score (nSPS) is 11.7. The topological polar surface area (TPSA) is 43.3 Å². The molecule has 0 saturated carbocycles. The maximum Gasteiger partial charge on any atom is 0.247 e. The van der Waals surface area contributed by atoms with Crippen LogP contribution in [0.15, 0.2) is 79.1 Å². The highest BCUT2D eigenvalue weighted by atomic mass is 16.5. The Labute approximate surface area is 141 Å². The van der Waals surface area contributed by atoms with E-state index in [1.54, 1.807) is 7.11 Å². The van der Waals surface area contributed by atoms with Crippen molar-refractivity contribution in [2.24, 2.45) is 0 Å². The van der Waals surface area contributed by atoms with E-state index in [0.29, 0.717) is 6.54 Å². The van der Waals surface area contributed by atoms with E-state index in [-0.39, 0.29) is 5.91 Å². The number of methoxy groups -OCH3 is 1. The van der Waals surface area contributed by atoms with Crippen LogP contribution < -0.4 is 10.1 Å². The molecule has 0 saturated heterocycles. The average molecular weight is 320 g/mol. The fourth-order valence-corrected chi connectivity index (χ4v) is 2.74. The molecule has 0 aliphatic rings. The highest BCUT2D eigenvalue weighted by molar-refractivity contribution is 5.83. The van der Waals surface area contributed by atoms with Gasteiger partial charge in [0, 0.05) is 24.5 Å².